The highest BCUT2D eigenvalue weighted by molar-refractivity contribution is 6.35. The van der Waals surface area contributed by atoms with E-state index in [0.29, 0.717) is 28.7 Å². The number of aromatic nitrogens is 2. The third-order valence-corrected chi connectivity index (χ3v) is 4.47. The van der Waals surface area contributed by atoms with Crippen LogP contribution in [0.5, 0.6) is 5.75 Å². The number of hydrogen-bond acceptors (Lipinski definition) is 3. The molecule has 0 N–H and O–H groups in total. The molecule has 1 aromatic heterocycles. The molecule has 0 fully saturated rings. The molecule has 0 atom stereocenters. The topological polar surface area (TPSA) is 44.1 Å². The molecule has 0 aliphatic rings. The van der Waals surface area contributed by atoms with E-state index in [1.165, 1.54) is 0 Å². The van der Waals surface area contributed by atoms with E-state index in [4.69, 9.17) is 27.9 Å². The first kappa shape index (κ1) is 17.5. The Hall–Kier alpha value is -2.30. The molecule has 0 bridgehead atoms. The first-order valence-electron chi connectivity index (χ1n) is 7.68. The predicted molar refractivity (Wildman–Crippen MR) is 99.0 cm³/mol. The first-order chi connectivity index (χ1) is 12.1. The van der Waals surface area contributed by atoms with Gasteiger partial charge in [0.05, 0.1) is 13.7 Å². The fourth-order valence-corrected chi connectivity index (χ4v) is 3.05. The van der Waals surface area contributed by atoms with Crippen LogP contribution in [0.3, 0.4) is 0 Å². The molecule has 0 radical (unpaired) electrons. The zero-order chi connectivity index (χ0) is 17.8. The van der Waals surface area contributed by atoms with E-state index in [2.05, 4.69) is 5.10 Å². The van der Waals surface area contributed by atoms with Crippen molar-refractivity contribution in [3.63, 3.8) is 0 Å². The van der Waals surface area contributed by atoms with Crippen molar-refractivity contribution < 1.29 is 9.53 Å². The molecule has 128 valence electrons. The average molecular weight is 375 g/mol. The Balaban J connectivity index is 1.88. The van der Waals surface area contributed by atoms with Gasteiger partial charge in [-0.05, 0) is 41.5 Å². The summed E-state index contributed by atoms with van der Waals surface area (Å²) in [5.41, 5.74) is 3.32. The number of ether oxygens (including phenoxy) is 1. The summed E-state index contributed by atoms with van der Waals surface area (Å²) in [6, 6.07) is 14.9. The number of benzene rings is 2. The van der Waals surface area contributed by atoms with Gasteiger partial charge in [0, 0.05) is 22.2 Å². The van der Waals surface area contributed by atoms with E-state index in [-0.39, 0.29) is 0 Å². The maximum Gasteiger partial charge on any atom is 0.170 e. The van der Waals surface area contributed by atoms with Crippen molar-refractivity contribution in [2.24, 2.45) is 0 Å². The van der Waals surface area contributed by atoms with Crippen LogP contribution in [0.1, 0.15) is 27.3 Å². The number of carbonyl (C=O) groups is 1. The summed E-state index contributed by atoms with van der Waals surface area (Å²) in [4.78, 5) is 11.1. The second kappa shape index (κ2) is 7.72. The van der Waals surface area contributed by atoms with Gasteiger partial charge in [0.15, 0.2) is 6.29 Å². The quantitative estimate of drug-likeness (QED) is 0.589. The van der Waals surface area contributed by atoms with E-state index >= 15 is 0 Å². The highest BCUT2D eigenvalue weighted by atomic mass is 35.5. The summed E-state index contributed by atoms with van der Waals surface area (Å²) in [6.45, 7) is 0.468. The Bertz CT molecular complexity index is 889. The second-order valence-corrected chi connectivity index (χ2v) is 6.44. The monoisotopic (exact) mass is 374 g/mol. The zero-order valence-electron chi connectivity index (χ0n) is 13.6. The summed E-state index contributed by atoms with van der Waals surface area (Å²) in [6.07, 6.45) is 1.40. The molecule has 0 unspecified atom stereocenters. The van der Waals surface area contributed by atoms with Crippen molar-refractivity contribution in [1.29, 1.82) is 0 Å². The molecule has 0 aliphatic carbocycles. The third kappa shape index (κ3) is 4.21. The summed E-state index contributed by atoms with van der Waals surface area (Å²) in [5.74, 6) is 0.804. The average Bonchev–Trinajstić information content (AvgIpc) is 3.00. The molecular formula is C19H16Cl2N2O2. The minimum atomic E-state index is 0.397. The lowest BCUT2D eigenvalue weighted by molar-refractivity contribution is 0.111. The van der Waals surface area contributed by atoms with Crippen molar-refractivity contribution in [3.05, 3.63) is 81.1 Å². The van der Waals surface area contributed by atoms with Crippen LogP contribution in [-0.4, -0.2) is 23.2 Å². The number of rotatable bonds is 6. The minimum absolute atomic E-state index is 0.397. The maximum atomic E-state index is 11.1. The minimum Gasteiger partial charge on any atom is -0.497 e. The lowest BCUT2D eigenvalue weighted by Crippen LogP contribution is -2.07. The van der Waals surface area contributed by atoms with Crippen molar-refractivity contribution in [1.82, 2.24) is 9.78 Å². The van der Waals surface area contributed by atoms with Gasteiger partial charge in [0.25, 0.3) is 0 Å². The van der Waals surface area contributed by atoms with Crippen molar-refractivity contribution >= 4 is 29.5 Å². The standard InChI is InChI=1S/C19H16Cl2N2O2/c1-25-18-6-2-13(3-7-18)8-17-10-16(12-24)22-23(17)11-14-4-5-15(20)9-19(14)21/h2-7,9-10,12H,8,11H2,1H3. The number of halogens is 2. The molecule has 6 heteroatoms. The molecule has 2 aromatic carbocycles. The number of nitrogens with zero attached hydrogens (tertiary/aromatic N) is 2. The normalized spacial score (nSPS) is 10.7. The van der Waals surface area contributed by atoms with Crippen LogP contribution in [-0.2, 0) is 13.0 Å². The Morgan fingerprint density at radius 3 is 2.52 bits per heavy atom. The Labute approximate surface area is 155 Å². The van der Waals surface area contributed by atoms with Gasteiger partial charge in [-0.2, -0.15) is 5.10 Å². The Morgan fingerprint density at radius 2 is 1.88 bits per heavy atom. The maximum absolute atomic E-state index is 11.1. The molecule has 0 amide bonds. The highest BCUT2D eigenvalue weighted by Crippen LogP contribution is 2.23. The van der Waals surface area contributed by atoms with Crippen molar-refractivity contribution in [2.45, 2.75) is 13.0 Å². The van der Waals surface area contributed by atoms with Crippen LogP contribution in [0.25, 0.3) is 0 Å². The SMILES string of the molecule is COc1ccc(Cc2cc(C=O)nn2Cc2ccc(Cl)cc2Cl)cc1. The van der Waals surface area contributed by atoms with Gasteiger partial charge in [-0.1, -0.05) is 41.4 Å². The van der Waals surface area contributed by atoms with E-state index in [1.807, 2.05) is 30.3 Å². The van der Waals surface area contributed by atoms with E-state index < -0.39 is 0 Å². The van der Waals surface area contributed by atoms with E-state index in [1.54, 1.807) is 30.0 Å². The van der Waals surface area contributed by atoms with Crippen LogP contribution in [0.2, 0.25) is 10.0 Å². The molecule has 3 aromatic rings. The number of methoxy groups -OCH3 is 1. The van der Waals surface area contributed by atoms with Crippen LogP contribution < -0.4 is 4.74 Å². The third-order valence-electron chi connectivity index (χ3n) is 3.88. The fraction of sp³-hybridized carbons (Fsp3) is 0.158. The molecule has 0 saturated heterocycles. The van der Waals surface area contributed by atoms with Crippen LogP contribution in [0, 0.1) is 0 Å². The first-order valence-corrected chi connectivity index (χ1v) is 8.43. The van der Waals surface area contributed by atoms with Gasteiger partial charge in [0.2, 0.25) is 0 Å². The van der Waals surface area contributed by atoms with Gasteiger partial charge < -0.3 is 4.74 Å². The van der Waals surface area contributed by atoms with Crippen molar-refractivity contribution in [3.8, 4) is 5.75 Å². The van der Waals surface area contributed by atoms with Gasteiger partial charge in [-0.15, -0.1) is 0 Å². The highest BCUT2D eigenvalue weighted by Gasteiger charge is 2.11. The number of aldehydes is 1. The largest absolute Gasteiger partial charge is 0.497 e. The molecule has 0 aliphatic heterocycles. The van der Waals surface area contributed by atoms with Crippen LogP contribution in [0.4, 0.5) is 0 Å². The zero-order valence-corrected chi connectivity index (χ0v) is 15.1. The lowest BCUT2D eigenvalue weighted by atomic mass is 10.1. The molecule has 4 nitrogen and oxygen atoms in total. The second-order valence-electron chi connectivity index (χ2n) is 5.60. The number of hydrogen-bond donors (Lipinski definition) is 0. The Morgan fingerprint density at radius 1 is 1.12 bits per heavy atom. The van der Waals surface area contributed by atoms with E-state index in [9.17, 15) is 4.79 Å². The molecular weight excluding hydrogens is 359 g/mol. The van der Waals surface area contributed by atoms with Gasteiger partial charge in [-0.3, -0.25) is 9.48 Å². The van der Waals surface area contributed by atoms with Gasteiger partial charge in [-0.25, -0.2) is 0 Å². The van der Waals surface area contributed by atoms with Crippen LogP contribution in [0.15, 0.2) is 48.5 Å². The van der Waals surface area contributed by atoms with E-state index in [0.717, 1.165) is 28.9 Å². The van der Waals surface area contributed by atoms with Crippen molar-refractivity contribution in [2.75, 3.05) is 7.11 Å². The summed E-state index contributed by atoms with van der Waals surface area (Å²) >= 11 is 12.2. The van der Waals surface area contributed by atoms with Crippen LogP contribution >= 0.6 is 23.2 Å². The molecule has 3 rings (SSSR count). The number of carbonyl (C=O) groups excluding carboxylic acids is 1. The lowest BCUT2D eigenvalue weighted by Gasteiger charge is -2.10. The van der Waals surface area contributed by atoms with Gasteiger partial charge in [0.1, 0.15) is 11.4 Å². The fourth-order valence-electron chi connectivity index (χ4n) is 2.58. The summed E-state index contributed by atoms with van der Waals surface area (Å²) in [5, 5.41) is 5.51. The molecule has 1 heterocycles. The predicted octanol–water partition coefficient (Wildman–Crippen LogP) is 4.65. The molecule has 0 saturated carbocycles. The Kier molecular flexibility index (Phi) is 5.41. The molecule has 0 spiro atoms. The molecule has 25 heavy (non-hydrogen) atoms. The van der Waals surface area contributed by atoms with Gasteiger partial charge >= 0.3 is 0 Å². The summed E-state index contributed by atoms with van der Waals surface area (Å²) < 4.78 is 6.97. The summed E-state index contributed by atoms with van der Waals surface area (Å²) in [7, 11) is 1.64. The smallest absolute Gasteiger partial charge is 0.170 e.